The third-order valence-corrected chi connectivity index (χ3v) is 6.02. The molecule has 2 unspecified atom stereocenters. The molecule has 1 aromatic carbocycles. The summed E-state index contributed by atoms with van der Waals surface area (Å²) in [4.78, 5) is 14.6. The third kappa shape index (κ3) is 3.99. The van der Waals surface area contributed by atoms with Crippen LogP contribution in [-0.4, -0.2) is 39.9 Å². The van der Waals surface area contributed by atoms with Crippen LogP contribution in [0.2, 0.25) is 5.02 Å². The first-order valence-electron chi connectivity index (χ1n) is 9.91. The van der Waals surface area contributed by atoms with Gasteiger partial charge in [-0.3, -0.25) is 4.79 Å². The molecule has 0 spiro atoms. The van der Waals surface area contributed by atoms with Crippen LogP contribution in [0.1, 0.15) is 60.2 Å². The summed E-state index contributed by atoms with van der Waals surface area (Å²) >= 11 is 6.37. The summed E-state index contributed by atoms with van der Waals surface area (Å²) in [7, 11) is 0. The lowest BCUT2D eigenvalue weighted by molar-refractivity contribution is -0.173. The van der Waals surface area contributed by atoms with E-state index in [4.69, 9.17) is 11.6 Å². The van der Waals surface area contributed by atoms with E-state index in [0.29, 0.717) is 18.7 Å². The monoisotopic (exact) mass is 444 g/mol. The number of rotatable bonds is 2. The van der Waals surface area contributed by atoms with E-state index in [1.807, 2.05) is 0 Å². The Hall–Kier alpha value is -2.29. The van der Waals surface area contributed by atoms with Crippen molar-refractivity contribution in [1.29, 1.82) is 0 Å². The second kappa shape index (κ2) is 8.09. The Morgan fingerprint density at radius 1 is 1.10 bits per heavy atom. The van der Waals surface area contributed by atoms with Gasteiger partial charge < -0.3 is 10.2 Å². The molecule has 30 heavy (non-hydrogen) atoms. The summed E-state index contributed by atoms with van der Waals surface area (Å²) in [6.07, 6.45) is -1.24. The number of hydrogen-bond donors (Lipinski definition) is 1. The van der Waals surface area contributed by atoms with Gasteiger partial charge in [0.2, 0.25) is 0 Å². The molecule has 2 atom stereocenters. The Bertz CT molecular complexity index is 920. The zero-order chi connectivity index (χ0) is 21.5. The molecular formula is C20H21ClF4N4O. The molecule has 1 aromatic heterocycles. The van der Waals surface area contributed by atoms with Gasteiger partial charge in [0, 0.05) is 19.5 Å². The zero-order valence-electron chi connectivity index (χ0n) is 16.1. The molecule has 2 aliphatic heterocycles. The van der Waals surface area contributed by atoms with Crippen molar-refractivity contribution in [1.82, 2.24) is 14.7 Å². The van der Waals surface area contributed by atoms with Crippen molar-refractivity contribution in [2.75, 3.05) is 18.4 Å². The van der Waals surface area contributed by atoms with Crippen LogP contribution in [0.5, 0.6) is 0 Å². The number of alkyl halides is 3. The fourth-order valence-corrected chi connectivity index (χ4v) is 4.32. The number of nitrogens with one attached hydrogen (secondary N) is 1. The van der Waals surface area contributed by atoms with Gasteiger partial charge in [0.25, 0.3) is 5.91 Å². The lowest BCUT2D eigenvalue weighted by Gasteiger charge is -2.33. The molecule has 2 aliphatic rings. The number of hydrogen-bond acceptors (Lipinski definition) is 3. The van der Waals surface area contributed by atoms with E-state index in [0.717, 1.165) is 30.4 Å². The third-order valence-electron chi connectivity index (χ3n) is 5.66. The highest BCUT2D eigenvalue weighted by Crippen LogP contribution is 2.46. The van der Waals surface area contributed by atoms with Crippen molar-refractivity contribution in [3.8, 4) is 0 Å². The summed E-state index contributed by atoms with van der Waals surface area (Å²) in [6.45, 7) is 1.07. The summed E-state index contributed by atoms with van der Waals surface area (Å²) in [5.74, 6) is -0.974. The van der Waals surface area contributed by atoms with Gasteiger partial charge in [0.15, 0.2) is 11.7 Å². The predicted molar refractivity (Wildman–Crippen MR) is 104 cm³/mol. The zero-order valence-corrected chi connectivity index (χ0v) is 16.8. The first-order chi connectivity index (χ1) is 14.3. The normalized spacial score (nSPS) is 22.2. The molecule has 0 radical (unpaired) electrons. The fraction of sp³-hybridized carbons (Fsp3) is 0.500. The van der Waals surface area contributed by atoms with E-state index in [-0.39, 0.29) is 23.0 Å². The van der Waals surface area contributed by atoms with Gasteiger partial charge in [-0.1, -0.05) is 36.6 Å². The van der Waals surface area contributed by atoms with E-state index >= 15 is 0 Å². The maximum Gasteiger partial charge on any atom is 0.410 e. The molecule has 0 saturated carbocycles. The van der Waals surface area contributed by atoms with Gasteiger partial charge in [0.05, 0.1) is 6.04 Å². The Kier molecular flexibility index (Phi) is 5.65. The van der Waals surface area contributed by atoms with Gasteiger partial charge in [-0.25, -0.2) is 9.07 Å². The number of fused-ring (bicyclic) bond motifs is 1. The number of halogens is 5. The molecule has 162 valence electrons. The molecule has 1 amide bonds. The van der Waals surface area contributed by atoms with E-state index in [2.05, 4.69) is 10.4 Å². The first kappa shape index (κ1) is 21.0. The van der Waals surface area contributed by atoms with Gasteiger partial charge in [-0.15, -0.1) is 0 Å². The Morgan fingerprint density at radius 2 is 1.73 bits per heavy atom. The van der Waals surface area contributed by atoms with E-state index in [1.165, 1.54) is 24.3 Å². The van der Waals surface area contributed by atoms with Crippen LogP contribution in [0.4, 0.5) is 23.4 Å². The average molecular weight is 445 g/mol. The Morgan fingerprint density at radius 3 is 2.33 bits per heavy atom. The Labute approximate surface area is 176 Å². The van der Waals surface area contributed by atoms with Gasteiger partial charge in [0.1, 0.15) is 16.7 Å². The number of aromatic nitrogens is 2. The molecule has 0 bridgehead atoms. The van der Waals surface area contributed by atoms with Crippen molar-refractivity contribution < 1.29 is 22.4 Å². The quantitative estimate of drug-likeness (QED) is 0.635. The molecule has 4 rings (SSSR count). The molecule has 10 heteroatoms. The lowest BCUT2D eigenvalue weighted by atomic mass is 9.97. The molecular weight excluding hydrogens is 424 g/mol. The Balaban J connectivity index is 1.70. The summed E-state index contributed by atoms with van der Waals surface area (Å²) < 4.78 is 55.5. The van der Waals surface area contributed by atoms with Crippen LogP contribution < -0.4 is 5.32 Å². The standard InChI is InChI=1S/C20H21ClF4N4O/c21-16-17(19(30)28-9-3-1-2-4-10-28)27-29-15(20(23,24)25)11-14(26-18(16)29)12-5-7-13(22)8-6-12/h5-8,14-15,26H,1-4,9-11H2. The van der Waals surface area contributed by atoms with Crippen molar-refractivity contribution in [2.45, 2.75) is 50.4 Å². The number of amides is 1. The van der Waals surface area contributed by atoms with E-state index < -0.39 is 30.0 Å². The van der Waals surface area contributed by atoms with Crippen LogP contribution in [0, 0.1) is 5.82 Å². The smallest absolute Gasteiger partial charge is 0.362 e. The van der Waals surface area contributed by atoms with Crippen molar-refractivity contribution in [2.24, 2.45) is 0 Å². The molecule has 1 fully saturated rings. The summed E-state index contributed by atoms with van der Waals surface area (Å²) in [5.41, 5.74) is 0.324. The number of carbonyl (C=O) groups is 1. The SMILES string of the molecule is O=C(c1nn2c(c1Cl)NC(c1ccc(F)cc1)CC2C(F)(F)F)N1CCCCCC1. The van der Waals surface area contributed by atoms with Crippen LogP contribution >= 0.6 is 11.6 Å². The maximum atomic E-state index is 13.8. The van der Waals surface area contributed by atoms with Crippen LogP contribution in [-0.2, 0) is 0 Å². The highest BCUT2D eigenvalue weighted by molar-refractivity contribution is 6.36. The second-order valence-electron chi connectivity index (χ2n) is 7.70. The fourth-order valence-electron chi connectivity index (χ4n) is 4.06. The number of carbonyl (C=O) groups excluding carboxylic acids is 1. The topological polar surface area (TPSA) is 50.2 Å². The lowest BCUT2D eigenvalue weighted by Crippen LogP contribution is -2.36. The van der Waals surface area contributed by atoms with Crippen LogP contribution in [0.15, 0.2) is 24.3 Å². The first-order valence-corrected chi connectivity index (χ1v) is 10.3. The second-order valence-corrected chi connectivity index (χ2v) is 8.08. The average Bonchev–Trinajstić information content (AvgIpc) is 2.88. The van der Waals surface area contributed by atoms with Gasteiger partial charge in [-0.2, -0.15) is 18.3 Å². The number of likely N-dealkylation sites (tertiary alicyclic amines) is 1. The molecule has 1 saturated heterocycles. The number of benzene rings is 1. The predicted octanol–water partition coefficient (Wildman–Crippen LogP) is 5.35. The minimum Gasteiger partial charge on any atom is -0.362 e. The van der Waals surface area contributed by atoms with Crippen LogP contribution in [0.3, 0.4) is 0 Å². The minimum absolute atomic E-state index is 0.0438. The highest BCUT2D eigenvalue weighted by Gasteiger charge is 2.48. The van der Waals surface area contributed by atoms with Crippen LogP contribution in [0.25, 0.3) is 0 Å². The van der Waals surface area contributed by atoms with Crippen molar-refractivity contribution >= 4 is 23.3 Å². The molecule has 3 heterocycles. The molecule has 5 nitrogen and oxygen atoms in total. The highest BCUT2D eigenvalue weighted by atomic mass is 35.5. The van der Waals surface area contributed by atoms with E-state index in [9.17, 15) is 22.4 Å². The number of anilines is 1. The molecule has 0 aliphatic carbocycles. The van der Waals surface area contributed by atoms with Crippen molar-refractivity contribution in [3.05, 3.63) is 46.4 Å². The minimum atomic E-state index is -4.59. The van der Waals surface area contributed by atoms with Gasteiger partial charge in [-0.05, 0) is 30.5 Å². The number of nitrogens with zero attached hydrogens (tertiary/aromatic N) is 3. The summed E-state index contributed by atoms with van der Waals surface area (Å²) in [5, 5.41) is 6.85. The van der Waals surface area contributed by atoms with Gasteiger partial charge >= 0.3 is 6.18 Å². The van der Waals surface area contributed by atoms with E-state index in [1.54, 1.807) is 4.90 Å². The maximum absolute atomic E-state index is 13.8. The summed E-state index contributed by atoms with van der Waals surface area (Å²) in [6, 6.07) is 2.56. The molecule has 1 N–H and O–H groups in total. The molecule has 2 aromatic rings. The van der Waals surface area contributed by atoms with Crippen molar-refractivity contribution in [3.63, 3.8) is 0 Å². The largest absolute Gasteiger partial charge is 0.410 e.